The van der Waals surface area contributed by atoms with Gasteiger partial charge in [0.15, 0.2) is 11.5 Å². The Balaban J connectivity index is 1.64. The predicted molar refractivity (Wildman–Crippen MR) is 81.1 cm³/mol. The van der Waals surface area contributed by atoms with Crippen LogP contribution in [0.3, 0.4) is 0 Å². The monoisotopic (exact) mass is 320 g/mol. The second-order valence-electron chi connectivity index (χ2n) is 5.56. The second-order valence-corrected chi connectivity index (χ2v) is 5.56. The van der Waals surface area contributed by atoms with Crippen molar-refractivity contribution < 1.29 is 23.8 Å². The van der Waals surface area contributed by atoms with Gasteiger partial charge in [-0.1, -0.05) is 6.07 Å². The summed E-state index contributed by atoms with van der Waals surface area (Å²) in [6, 6.07) is 5.54. The maximum Gasteiger partial charge on any atom is 0.242 e. The molecule has 1 aromatic carbocycles. The highest BCUT2D eigenvalue weighted by molar-refractivity contribution is 5.83. The minimum absolute atomic E-state index is 0.0516. The van der Waals surface area contributed by atoms with Gasteiger partial charge in [-0.3, -0.25) is 9.59 Å². The number of rotatable bonds is 4. The van der Waals surface area contributed by atoms with Crippen LogP contribution in [-0.2, 0) is 20.9 Å². The van der Waals surface area contributed by atoms with E-state index in [1.54, 1.807) is 4.90 Å². The Kier molecular flexibility index (Phi) is 4.66. The van der Waals surface area contributed by atoms with E-state index < -0.39 is 0 Å². The largest absolute Gasteiger partial charge is 0.454 e. The number of benzene rings is 1. The van der Waals surface area contributed by atoms with Crippen molar-refractivity contribution in [1.82, 2.24) is 9.80 Å². The van der Waals surface area contributed by atoms with Gasteiger partial charge in [-0.05, 0) is 17.7 Å². The molecular formula is C16H20N2O5. The van der Waals surface area contributed by atoms with E-state index >= 15 is 0 Å². The van der Waals surface area contributed by atoms with Crippen molar-refractivity contribution in [3.8, 4) is 11.5 Å². The van der Waals surface area contributed by atoms with Gasteiger partial charge in [0.2, 0.25) is 18.6 Å². The van der Waals surface area contributed by atoms with Gasteiger partial charge in [-0.2, -0.15) is 0 Å². The Bertz CT molecular complexity index is 598. The molecule has 0 unspecified atom stereocenters. The highest BCUT2D eigenvalue weighted by Crippen LogP contribution is 2.32. The zero-order valence-corrected chi connectivity index (χ0v) is 13.1. The van der Waals surface area contributed by atoms with Crippen molar-refractivity contribution >= 4 is 11.8 Å². The number of ether oxygens (including phenoxy) is 3. The number of carbonyl (C=O) groups excluding carboxylic acids is 2. The van der Waals surface area contributed by atoms with Crippen molar-refractivity contribution in [2.24, 2.45) is 0 Å². The minimum Gasteiger partial charge on any atom is -0.454 e. The van der Waals surface area contributed by atoms with E-state index in [0.29, 0.717) is 44.3 Å². The van der Waals surface area contributed by atoms with Crippen LogP contribution < -0.4 is 9.47 Å². The van der Waals surface area contributed by atoms with Gasteiger partial charge in [0.25, 0.3) is 0 Å². The molecule has 0 N–H and O–H groups in total. The van der Waals surface area contributed by atoms with Crippen LogP contribution in [0.1, 0.15) is 12.5 Å². The zero-order chi connectivity index (χ0) is 16.2. The molecule has 2 aliphatic rings. The van der Waals surface area contributed by atoms with Gasteiger partial charge in [0.05, 0.1) is 13.2 Å². The van der Waals surface area contributed by atoms with Crippen LogP contribution in [0.25, 0.3) is 0 Å². The van der Waals surface area contributed by atoms with Crippen molar-refractivity contribution in [1.29, 1.82) is 0 Å². The number of amides is 2. The first-order valence-electron chi connectivity index (χ1n) is 7.63. The summed E-state index contributed by atoms with van der Waals surface area (Å²) in [4.78, 5) is 27.5. The molecule has 1 saturated heterocycles. The Morgan fingerprint density at radius 2 is 1.91 bits per heavy atom. The van der Waals surface area contributed by atoms with Crippen LogP contribution in [-0.4, -0.2) is 61.3 Å². The van der Waals surface area contributed by atoms with E-state index in [2.05, 4.69) is 0 Å². The Morgan fingerprint density at radius 1 is 1.17 bits per heavy atom. The highest BCUT2D eigenvalue weighted by Gasteiger charge is 2.22. The fraction of sp³-hybridized carbons (Fsp3) is 0.500. The summed E-state index contributed by atoms with van der Waals surface area (Å²) in [5.41, 5.74) is 0.902. The fourth-order valence-electron chi connectivity index (χ4n) is 2.61. The molecule has 2 amide bonds. The van der Waals surface area contributed by atoms with Crippen LogP contribution in [0.5, 0.6) is 11.5 Å². The molecule has 0 aromatic heterocycles. The van der Waals surface area contributed by atoms with Gasteiger partial charge in [-0.25, -0.2) is 0 Å². The molecule has 7 heteroatoms. The molecule has 3 rings (SSSR count). The van der Waals surface area contributed by atoms with Crippen LogP contribution in [0.15, 0.2) is 18.2 Å². The Hall–Kier alpha value is -2.28. The summed E-state index contributed by atoms with van der Waals surface area (Å²) in [5, 5.41) is 0. The van der Waals surface area contributed by atoms with Crippen LogP contribution in [0, 0.1) is 0 Å². The van der Waals surface area contributed by atoms with Crippen molar-refractivity contribution in [3.05, 3.63) is 23.8 Å². The Labute approximate surface area is 134 Å². The first kappa shape index (κ1) is 15.6. The minimum atomic E-state index is -0.135. The third-order valence-electron chi connectivity index (χ3n) is 3.95. The molecule has 7 nitrogen and oxygen atoms in total. The maximum atomic E-state index is 12.3. The molecule has 2 heterocycles. The van der Waals surface area contributed by atoms with E-state index in [1.165, 1.54) is 11.8 Å². The third kappa shape index (κ3) is 3.73. The van der Waals surface area contributed by atoms with E-state index in [-0.39, 0.29) is 25.2 Å². The molecule has 0 bridgehead atoms. The summed E-state index contributed by atoms with van der Waals surface area (Å²) in [6.07, 6.45) is 0. The number of fused-ring (bicyclic) bond motifs is 1. The van der Waals surface area contributed by atoms with E-state index in [1.807, 2.05) is 18.2 Å². The summed E-state index contributed by atoms with van der Waals surface area (Å²) >= 11 is 0. The summed E-state index contributed by atoms with van der Waals surface area (Å²) in [5.74, 6) is 1.19. The number of hydrogen-bond donors (Lipinski definition) is 0. The molecule has 0 radical (unpaired) electrons. The molecule has 0 saturated carbocycles. The smallest absolute Gasteiger partial charge is 0.242 e. The molecule has 0 spiro atoms. The quantitative estimate of drug-likeness (QED) is 0.814. The molecule has 124 valence electrons. The van der Waals surface area contributed by atoms with Gasteiger partial charge in [0.1, 0.15) is 6.54 Å². The van der Waals surface area contributed by atoms with E-state index in [9.17, 15) is 9.59 Å². The molecular weight excluding hydrogens is 300 g/mol. The summed E-state index contributed by atoms with van der Waals surface area (Å²) in [7, 11) is 0. The normalized spacial score (nSPS) is 16.3. The summed E-state index contributed by atoms with van der Waals surface area (Å²) in [6.45, 7) is 4.38. The lowest BCUT2D eigenvalue weighted by Gasteiger charge is -2.29. The Morgan fingerprint density at radius 3 is 2.65 bits per heavy atom. The molecule has 0 aliphatic carbocycles. The number of hydrogen-bond acceptors (Lipinski definition) is 5. The maximum absolute atomic E-state index is 12.3. The average molecular weight is 320 g/mol. The summed E-state index contributed by atoms with van der Waals surface area (Å²) < 4.78 is 15.9. The lowest BCUT2D eigenvalue weighted by molar-refractivity contribution is -0.142. The van der Waals surface area contributed by atoms with Crippen molar-refractivity contribution in [2.75, 3.05) is 39.6 Å². The predicted octanol–water partition coefficient (Wildman–Crippen LogP) is 0.623. The molecule has 1 fully saturated rings. The zero-order valence-electron chi connectivity index (χ0n) is 13.1. The molecule has 2 aliphatic heterocycles. The highest BCUT2D eigenvalue weighted by atomic mass is 16.7. The molecule has 0 atom stereocenters. The molecule has 1 aromatic rings. The van der Waals surface area contributed by atoms with Crippen LogP contribution in [0.2, 0.25) is 0 Å². The average Bonchev–Trinajstić information content (AvgIpc) is 3.02. The number of nitrogens with zero attached hydrogens (tertiary/aromatic N) is 2. The van der Waals surface area contributed by atoms with Crippen molar-refractivity contribution in [3.63, 3.8) is 0 Å². The van der Waals surface area contributed by atoms with Gasteiger partial charge in [-0.15, -0.1) is 0 Å². The van der Waals surface area contributed by atoms with Crippen LogP contribution in [0.4, 0.5) is 0 Å². The lowest BCUT2D eigenvalue weighted by atomic mass is 10.2. The van der Waals surface area contributed by atoms with Gasteiger partial charge < -0.3 is 24.0 Å². The fourth-order valence-corrected chi connectivity index (χ4v) is 2.61. The molecule has 23 heavy (non-hydrogen) atoms. The standard InChI is InChI=1S/C16H20N2O5/c1-12(19)18(10-16(20)17-4-6-21-7-5-17)9-13-2-3-14-15(8-13)23-11-22-14/h2-3,8H,4-7,9-11H2,1H3. The number of morpholine rings is 1. The topological polar surface area (TPSA) is 68.3 Å². The van der Waals surface area contributed by atoms with E-state index in [0.717, 1.165) is 5.56 Å². The lowest BCUT2D eigenvalue weighted by Crippen LogP contribution is -2.46. The third-order valence-corrected chi connectivity index (χ3v) is 3.95. The second kappa shape index (κ2) is 6.87. The SMILES string of the molecule is CC(=O)N(CC(=O)N1CCOCC1)Cc1ccc2c(c1)OCO2. The van der Waals surface area contributed by atoms with Gasteiger partial charge in [0, 0.05) is 26.6 Å². The first-order valence-corrected chi connectivity index (χ1v) is 7.63. The first-order chi connectivity index (χ1) is 11.1. The van der Waals surface area contributed by atoms with E-state index in [4.69, 9.17) is 14.2 Å². The van der Waals surface area contributed by atoms with Gasteiger partial charge >= 0.3 is 0 Å². The number of carbonyl (C=O) groups is 2. The van der Waals surface area contributed by atoms with Crippen molar-refractivity contribution in [2.45, 2.75) is 13.5 Å². The van der Waals surface area contributed by atoms with Crippen LogP contribution >= 0.6 is 0 Å².